The highest BCUT2D eigenvalue weighted by molar-refractivity contribution is 5.74. The van der Waals surface area contributed by atoms with Crippen LogP contribution in [0.25, 0.3) is 0 Å². The molecule has 4 heteroatoms. The van der Waals surface area contributed by atoms with Gasteiger partial charge in [-0.15, -0.1) is 0 Å². The zero-order valence-corrected chi connectivity index (χ0v) is 6.97. The first-order valence-electron chi connectivity index (χ1n) is 4.04. The predicted molar refractivity (Wildman–Crippen MR) is 44.9 cm³/mol. The van der Waals surface area contributed by atoms with E-state index in [4.69, 9.17) is 9.47 Å². The van der Waals surface area contributed by atoms with E-state index in [1.165, 1.54) is 0 Å². The monoisotopic (exact) mass is 179 g/mol. The molecule has 1 saturated heterocycles. The van der Waals surface area contributed by atoms with E-state index in [0.29, 0.717) is 24.7 Å². The van der Waals surface area contributed by atoms with E-state index < -0.39 is 0 Å². The van der Waals surface area contributed by atoms with E-state index in [-0.39, 0.29) is 6.10 Å². The summed E-state index contributed by atoms with van der Waals surface area (Å²) in [4.78, 5) is 14.4. The third kappa shape index (κ3) is 1.84. The largest absolute Gasteiger partial charge is 0.469 e. The van der Waals surface area contributed by atoms with Crippen molar-refractivity contribution in [2.75, 3.05) is 13.2 Å². The quantitative estimate of drug-likeness (QED) is 0.640. The molecule has 1 aromatic rings. The number of carbonyl (C=O) groups is 1. The maximum atomic E-state index is 10.4. The standard InChI is InChI=1S/C9H9NO3/c11-4-7-1-2-10-9(3-7)13-8-5-12-6-8/h1-4,8H,5-6H2. The van der Waals surface area contributed by atoms with Crippen LogP contribution in [0, 0.1) is 0 Å². The van der Waals surface area contributed by atoms with Gasteiger partial charge >= 0.3 is 0 Å². The second kappa shape index (κ2) is 3.53. The van der Waals surface area contributed by atoms with Crippen LogP contribution >= 0.6 is 0 Å². The van der Waals surface area contributed by atoms with Gasteiger partial charge in [0.25, 0.3) is 0 Å². The molecule has 1 aliphatic rings. The SMILES string of the molecule is O=Cc1ccnc(OC2COC2)c1. The fourth-order valence-corrected chi connectivity index (χ4v) is 1.02. The van der Waals surface area contributed by atoms with Gasteiger partial charge in [0.05, 0.1) is 13.2 Å². The van der Waals surface area contributed by atoms with Gasteiger partial charge < -0.3 is 9.47 Å². The van der Waals surface area contributed by atoms with Crippen LogP contribution < -0.4 is 4.74 Å². The Hall–Kier alpha value is -1.42. The van der Waals surface area contributed by atoms with Crippen molar-refractivity contribution in [3.63, 3.8) is 0 Å². The summed E-state index contributed by atoms with van der Waals surface area (Å²) in [6.45, 7) is 1.21. The normalized spacial score (nSPS) is 16.3. The van der Waals surface area contributed by atoms with Gasteiger partial charge in [-0.05, 0) is 6.07 Å². The molecule has 4 nitrogen and oxygen atoms in total. The molecule has 0 saturated carbocycles. The second-order valence-corrected chi connectivity index (χ2v) is 2.82. The van der Waals surface area contributed by atoms with Crippen LogP contribution in [0.4, 0.5) is 0 Å². The highest BCUT2D eigenvalue weighted by Gasteiger charge is 2.20. The fraction of sp³-hybridized carbons (Fsp3) is 0.333. The molecule has 0 bridgehead atoms. The molecule has 2 heterocycles. The molecule has 1 aliphatic heterocycles. The highest BCUT2D eigenvalue weighted by Crippen LogP contribution is 2.13. The molecule has 1 fully saturated rings. The van der Waals surface area contributed by atoms with Crippen LogP contribution in [-0.4, -0.2) is 30.6 Å². The Labute approximate surface area is 75.5 Å². The summed E-state index contributed by atoms with van der Waals surface area (Å²) in [5.74, 6) is 0.484. The maximum absolute atomic E-state index is 10.4. The lowest BCUT2D eigenvalue weighted by Gasteiger charge is -2.25. The van der Waals surface area contributed by atoms with Crippen molar-refractivity contribution in [2.24, 2.45) is 0 Å². The Morgan fingerprint density at radius 3 is 3.08 bits per heavy atom. The van der Waals surface area contributed by atoms with Gasteiger partial charge in [-0.25, -0.2) is 4.98 Å². The Morgan fingerprint density at radius 1 is 1.62 bits per heavy atom. The van der Waals surface area contributed by atoms with Crippen LogP contribution in [0.1, 0.15) is 10.4 Å². The average Bonchev–Trinajstić information content (AvgIpc) is 2.12. The van der Waals surface area contributed by atoms with Crippen molar-refractivity contribution in [2.45, 2.75) is 6.10 Å². The molecular weight excluding hydrogens is 170 g/mol. The van der Waals surface area contributed by atoms with Crippen LogP contribution in [0.2, 0.25) is 0 Å². The Balaban J connectivity index is 2.05. The Morgan fingerprint density at radius 2 is 2.46 bits per heavy atom. The number of hydrogen-bond donors (Lipinski definition) is 0. The van der Waals surface area contributed by atoms with Crippen molar-refractivity contribution >= 4 is 6.29 Å². The van der Waals surface area contributed by atoms with E-state index in [2.05, 4.69) is 4.98 Å². The molecule has 0 N–H and O–H groups in total. The van der Waals surface area contributed by atoms with Crippen LogP contribution in [0.3, 0.4) is 0 Å². The van der Waals surface area contributed by atoms with Crippen molar-refractivity contribution in [1.82, 2.24) is 4.98 Å². The minimum atomic E-state index is 0.0920. The number of ether oxygens (including phenoxy) is 2. The Bertz CT molecular complexity index is 309. The van der Waals surface area contributed by atoms with Crippen molar-refractivity contribution in [3.05, 3.63) is 23.9 Å². The van der Waals surface area contributed by atoms with Crippen LogP contribution in [0.15, 0.2) is 18.3 Å². The number of carbonyl (C=O) groups excluding carboxylic acids is 1. The summed E-state index contributed by atoms with van der Waals surface area (Å²) >= 11 is 0. The number of hydrogen-bond acceptors (Lipinski definition) is 4. The first kappa shape index (κ1) is 8.19. The smallest absolute Gasteiger partial charge is 0.214 e. The summed E-state index contributed by atoms with van der Waals surface area (Å²) in [5.41, 5.74) is 0.574. The van der Waals surface area contributed by atoms with Gasteiger partial charge in [-0.1, -0.05) is 0 Å². The highest BCUT2D eigenvalue weighted by atomic mass is 16.6. The van der Waals surface area contributed by atoms with Crippen LogP contribution in [-0.2, 0) is 4.74 Å². The molecule has 0 aliphatic carbocycles. The number of aromatic nitrogens is 1. The fourth-order valence-electron chi connectivity index (χ4n) is 1.02. The van der Waals surface area contributed by atoms with Gasteiger partial charge in [0.2, 0.25) is 5.88 Å². The van der Waals surface area contributed by atoms with Gasteiger partial charge in [0.1, 0.15) is 12.4 Å². The predicted octanol–water partition coefficient (Wildman–Crippen LogP) is 0.672. The number of aldehydes is 1. The summed E-state index contributed by atoms with van der Waals surface area (Å²) < 4.78 is 10.3. The molecule has 0 amide bonds. The zero-order valence-electron chi connectivity index (χ0n) is 6.97. The molecule has 0 atom stereocenters. The van der Waals surface area contributed by atoms with E-state index in [1.807, 2.05) is 0 Å². The van der Waals surface area contributed by atoms with Crippen molar-refractivity contribution < 1.29 is 14.3 Å². The average molecular weight is 179 g/mol. The lowest BCUT2D eigenvalue weighted by atomic mass is 10.3. The Kier molecular flexibility index (Phi) is 2.23. The molecule has 2 rings (SSSR count). The van der Waals surface area contributed by atoms with Crippen LogP contribution in [0.5, 0.6) is 5.88 Å². The minimum Gasteiger partial charge on any atom is -0.469 e. The molecule has 0 aromatic carbocycles. The maximum Gasteiger partial charge on any atom is 0.214 e. The number of pyridine rings is 1. The van der Waals surface area contributed by atoms with E-state index in [9.17, 15) is 4.79 Å². The van der Waals surface area contributed by atoms with E-state index in [0.717, 1.165) is 6.29 Å². The van der Waals surface area contributed by atoms with Gasteiger partial charge in [-0.2, -0.15) is 0 Å². The first-order valence-corrected chi connectivity index (χ1v) is 4.04. The van der Waals surface area contributed by atoms with Gasteiger partial charge in [-0.3, -0.25) is 4.79 Å². The van der Waals surface area contributed by atoms with Crippen molar-refractivity contribution in [3.8, 4) is 5.88 Å². The number of rotatable bonds is 3. The van der Waals surface area contributed by atoms with Crippen molar-refractivity contribution in [1.29, 1.82) is 0 Å². The summed E-state index contributed by atoms with van der Waals surface area (Å²) in [6.07, 6.45) is 2.42. The molecule has 13 heavy (non-hydrogen) atoms. The van der Waals surface area contributed by atoms with E-state index >= 15 is 0 Å². The molecule has 0 unspecified atom stereocenters. The molecule has 0 radical (unpaired) electrons. The van der Waals surface area contributed by atoms with Gasteiger partial charge in [0, 0.05) is 17.8 Å². The van der Waals surface area contributed by atoms with E-state index in [1.54, 1.807) is 18.3 Å². The summed E-state index contributed by atoms with van der Waals surface area (Å²) in [7, 11) is 0. The zero-order chi connectivity index (χ0) is 9.10. The third-order valence-corrected chi connectivity index (χ3v) is 1.79. The topological polar surface area (TPSA) is 48.4 Å². The molecule has 0 spiro atoms. The first-order chi connectivity index (χ1) is 6.38. The minimum absolute atomic E-state index is 0.0920. The number of nitrogens with zero attached hydrogens (tertiary/aromatic N) is 1. The third-order valence-electron chi connectivity index (χ3n) is 1.79. The molecular formula is C9H9NO3. The molecule has 68 valence electrons. The summed E-state index contributed by atoms with van der Waals surface area (Å²) in [5, 5.41) is 0. The van der Waals surface area contributed by atoms with Gasteiger partial charge in [0.15, 0.2) is 0 Å². The molecule has 1 aromatic heterocycles. The lowest BCUT2D eigenvalue weighted by Crippen LogP contribution is -2.38. The summed E-state index contributed by atoms with van der Waals surface area (Å²) in [6, 6.07) is 3.25. The second-order valence-electron chi connectivity index (χ2n) is 2.82. The lowest BCUT2D eigenvalue weighted by molar-refractivity contribution is -0.0813.